The highest BCUT2D eigenvalue weighted by atomic mass is 32.1. The molecule has 0 saturated carbocycles. The molecule has 0 bridgehead atoms. The Morgan fingerprint density at radius 2 is 2.00 bits per heavy atom. The van der Waals surface area contributed by atoms with Crippen molar-refractivity contribution in [1.82, 2.24) is 10.6 Å². The summed E-state index contributed by atoms with van der Waals surface area (Å²) in [6.45, 7) is 8.80. The van der Waals surface area contributed by atoms with Crippen LogP contribution in [0.3, 0.4) is 0 Å². The second kappa shape index (κ2) is 5.25. The van der Waals surface area contributed by atoms with Gasteiger partial charge in [-0.2, -0.15) is 0 Å². The number of rotatable bonds is 3. The summed E-state index contributed by atoms with van der Waals surface area (Å²) in [7, 11) is 0. The third-order valence-corrected chi connectivity index (χ3v) is 4.35. The molecule has 1 saturated heterocycles. The Morgan fingerprint density at radius 3 is 2.53 bits per heavy atom. The molecule has 1 fully saturated rings. The zero-order valence-corrected chi connectivity index (χ0v) is 13.1. The summed E-state index contributed by atoms with van der Waals surface area (Å²) in [6, 6.07) is 4.27. The first-order valence-electron chi connectivity index (χ1n) is 6.87. The maximum Gasteiger partial charge on any atom is 0.225 e. The van der Waals surface area contributed by atoms with Crippen LogP contribution in [-0.4, -0.2) is 23.0 Å². The molecule has 1 amide bonds. The molecule has 0 spiro atoms. The molecule has 1 aliphatic heterocycles. The van der Waals surface area contributed by atoms with Gasteiger partial charge in [0.05, 0.1) is 6.42 Å². The number of hydrogen-bond donors (Lipinski definition) is 2. The molecule has 1 aromatic rings. The average molecular weight is 280 g/mol. The molecule has 1 aliphatic rings. The number of nitrogens with one attached hydrogen (secondary N) is 2. The molecule has 2 rings (SSSR count). The molecule has 0 unspecified atom stereocenters. The summed E-state index contributed by atoms with van der Waals surface area (Å²) in [5, 5.41) is 8.84. The van der Waals surface area contributed by atoms with Crippen LogP contribution in [0.4, 0.5) is 0 Å². The van der Waals surface area contributed by atoms with Gasteiger partial charge in [0, 0.05) is 22.0 Å². The van der Waals surface area contributed by atoms with Crippen molar-refractivity contribution in [3.05, 3.63) is 22.4 Å². The number of amides is 1. The number of hydrogen-bond acceptors (Lipinski definition) is 3. The molecule has 1 aromatic heterocycles. The highest BCUT2D eigenvalue weighted by Crippen LogP contribution is 2.28. The van der Waals surface area contributed by atoms with E-state index in [1.165, 1.54) is 0 Å². The Bertz CT molecular complexity index is 421. The van der Waals surface area contributed by atoms with E-state index in [0.29, 0.717) is 6.42 Å². The molecule has 2 N–H and O–H groups in total. The van der Waals surface area contributed by atoms with Crippen LogP contribution in [0.1, 0.15) is 45.4 Å². The number of piperidine rings is 1. The van der Waals surface area contributed by atoms with Crippen molar-refractivity contribution in [3.8, 4) is 0 Å². The van der Waals surface area contributed by atoms with E-state index in [4.69, 9.17) is 0 Å². The summed E-state index contributed by atoms with van der Waals surface area (Å²) in [4.78, 5) is 13.2. The predicted octanol–water partition coefficient (Wildman–Crippen LogP) is 2.72. The third kappa shape index (κ3) is 4.32. The van der Waals surface area contributed by atoms with Gasteiger partial charge in [-0.3, -0.25) is 4.79 Å². The minimum absolute atomic E-state index is 0.0721. The van der Waals surface area contributed by atoms with Gasteiger partial charge in [0.15, 0.2) is 0 Å². The van der Waals surface area contributed by atoms with Gasteiger partial charge in [-0.05, 0) is 52.0 Å². The quantitative estimate of drug-likeness (QED) is 0.894. The molecule has 0 radical (unpaired) electrons. The SMILES string of the molecule is CC1(C)CC(NC(=O)Cc2cccs2)CC(C)(C)N1. The number of thiophene rings is 1. The van der Waals surface area contributed by atoms with E-state index in [0.717, 1.165) is 17.7 Å². The Balaban J connectivity index is 1.93. The smallest absolute Gasteiger partial charge is 0.225 e. The lowest BCUT2D eigenvalue weighted by Gasteiger charge is -2.46. The van der Waals surface area contributed by atoms with E-state index in [1.54, 1.807) is 11.3 Å². The standard InChI is InChI=1S/C15H24N2OS/c1-14(2)9-11(10-15(3,4)17-14)16-13(18)8-12-6-5-7-19-12/h5-7,11,17H,8-10H2,1-4H3,(H,16,18). The highest BCUT2D eigenvalue weighted by Gasteiger charge is 2.38. The van der Waals surface area contributed by atoms with E-state index >= 15 is 0 Å². The maximum absolute atomic E-state index is 12.1. The lowest BCUT2D eigenvalue weighted by molar-refractivity contribution is -0.121. The normalized spacial score (nSPS) is 22.1. The lowest BCUT2D eigenvalue weighted by atomic mass is 9.79. The van der Waals surface area contributed by atoms with Gasteiger partial charge in [-0.1, -0.05) is 6.07 Å². The van der Waals surface area contributed by atoms with Crippen molar-refractivity contribution in [2.24, 2.45) is 0 Å². The zero-order chi connectivity index (χ0) is 14.1. The maximum atomic E-state index is 12.1. The van der Waals surface area contributed by atoms with Crippen molar-refractivity contribution < 1.29 is 4.79 Å². The molecular formula is C15H24N2OS. The van der Waals surface area contributed by atoms with E-state index in [-0.39, 0.29) is 23.0 Å². The number of carbonyl (C=O) groups is 1. The van der Waals surface area contributed by atoms with Gasteiger partial charge in [0.1, 0.15) is 0 Å². The molecule has 0 aromatic carbocycles. The van der Waals surface area contributed by atoms with Crippen molar-refractivity contribution in [2.45, 2.75) is 64.1 Å². The van der Waals surface area contributed by atoms with Crippen molar-refractivity contribution >= 4 is 17.2 Å². The largest absolute Gasteiger partial charge is 0.353 e. The Labute approximate surface area is 119 Å². The summed E-state index contributed by atoms with van der Waals surface area (Å²) >= 11 is 1.64. The van der Waals surface area contributed by atoms with Gasteiger partial charge in [0.2, 0.25) is 5.91 Å². The molecule has 19 heavy (non-hydrogen) atoms. The zero-order valence-electron chi connectivity index (χ0n) is 12.2. The van der Waals surface area contributed by atoms with Crippen LogP contribution >= 0.6 is 11.3 Å². The first-order chi connectivity index (χ1) is 8.76. The Morgan fingerprint density at radius 1 is 1.37 bits per heavy atom. The third-order valence-electron chi connectivity index (χ3n) is 3.47. The fourth-order valence-electron chi connectivity index (χ4n) is 3.27. The van der Waals surface area contributed by atoms with E-state index < -0.39 is 0 Å². The summed E-state index contributed by atoms with van der Waals surface area (Å²) < 4.78 is 0. The average Bonchev–Trinajstić information content (AvgIpc) is 2.63. The van der Waals surface area contributed by atoms with Crippen LogP contribution in [0, 0.1) is 0 Å². The van der Waals surface area contributed by atoms with Crippen LogP contribution < -0.4 is 10.6 Å². The van der Waals surface area contributed by atoms with Crippen LogP contribution in [0.15, 0.2) is 17.5 Å². The Hall–Kier alpha value is -0.870. The summed E-state index contributed by atoms with van der Waals surface area (Å²) in [5.74, 6) is 0.140. The summed E-state index contributed by atoms with van der Waals surface area (Å²) in [5.41, 5.74) is 0.144. The molecule has 0 atom stereocenters. The van der Waals surface area contributed by atoms with E-state index in [9.17, 15) is 4.79 Å². The van der Waals surface area contributed by atoms with Gasteiger partial charge >= 0.3 is 0 Å². The highest BCUT2D eigenvalue weighted by molar-refractivity contribution is 7.10. The van der Waals surface area contributed by atoms with E-state index in [1.807, 2.05) is 17.5 Å². The predicted molar refractivity (Wildman–Crippen MR) is 80.5 cm³/mol. The summed E-state index contributed by atoms with van der Waals surface area (Å²) in [6.07, 6.45) is 2.46. The van der Waals surface area contributed by atoms with Gasteiger partial charge in [-0.25, -0.2) is 0 Å². The van der Waals surface area contributed by atoms with Crippen molar-refractivity contribution in [3.63, 3.8) is 0 Å². The van der Waals surface area contributed by atoms with Crippen molar-refractivity contribution in [1.29, 1.82) is 0 Å². The first-order valence-corrected chi connectivity index (χ1v) is 7.75. The molecule has 0 aliphatic carbocycles. The second-order valence-electron chi connectivity index (χ2n) is 6.82. The van der Waals surface area contributed by atoms with Crippen LogP contribution in [-0.2, 0) is 11.2 Å². The Kier molecular flexibility index (Phi) is 4.02. The van der Waals surface area contributed by atoms with Gasteiger partial charge in [0.25, 0.3) is 0 Å². The van der Waals surface area contributed by atoms with E-state index in [2.05, 4.69) is 38.3 Å². The fourth-order valence-corrected chi connectivity index (χ4v) is 3.98. The molecule has 4 heteroatoms. The molecule has 106 valence electrons. The topological polar surface area (TPSA) is 41.1 Å². The molecular weight excluding hydrogens is 256 g/mol. The number of carbonyl (C=O) groups excluding carboxylic acids is 1. The second-order valence-corrected chi connectivity index (χ2v) is 7.85. The van der Waals surface area contributed by atoms with Crippen LogP contribution in [0.5, 0.6) is 0 Å². The van der Waals surface area contributed by atoms with Gasteiger partial charge in [-0.15, -0.1) is 11.3 Å². The van der Waals surface area contributed by atoms with Gasteiger partial charge < -0.3 is 10.6 Å². The lowest BCUT2D eigenvalue weighted by Crippen LogP contribution is -2.62. The first kappa shape index (κ1) is 14.5. The molecule has 3 nitrogen and oxygen atoms in total. The minimum atomic E-state index is 0.0721. The van der Waals surface area contributed by atoms with Crippen LogP contribution in [0.25, 0.3) is 0 Å². The fraction of sp³-hybridized carbons (Fsp3) is 0.667. The molecule has 2 heterocycles. The monoisotopic (exact) mass is 280 g/mol. The van der Waals surface area contributed by atoms with Crippen LogP contribution in [0.2, 0.25) is 0 Å². The van der Waals surface area contributed by atoms with Crippen molar-refractivity contribution in [2.75, 3.05) is 0 Å². The minimum Gasteiger partial charge on any atom is -0.353 e.